The van der Waals surface area contributed by atoms with Gasteiger partial charge in [0, 0.05) is 32.3 Å². The first-order valence-corrected chi connectivity index (χ1v) is 8.31. The van der Waals surface area contributed by atoms with Crippen molar-refractivity contribution in [1.29, 1.82) is 0 Å². The van der Waals surface area contributed by atoms with Crippen LogP contribution in [0.4, 0.5) is 0 Å². The van der Waals surface area contributed by atoms with E-state index in [4.69, 9.17) is 4.74 Å². The summed E-state index contributed by atoms with van der Waals surface area (Å²) in [6.07, 6.45) is 0. The van der Waals surface area contributed by atoms with E-state index in [0.717, 1.165) is 30.8 Å². The summed E-state index contributed by atoms with van der Waals surface area (Å²) in [5, 5.41) is 0. The highest BCUT2D eigenvalue weighted by atomic mass is 16.5. The zero-order chi connectivity index (χ0) is 16.9. The van der Waals surface area contributed by atoms with Crippen LogP contribution in [0.3, 0.4) is 0 Å². The minimum Gasteiger partial charge on any atom is -0.380 e. The number of ether oxygens (including phenoxy) is 1. The fourth-order valence-electron chi connectivity index (χ4n) is 3.20. The van der Waals surface area contributed by atoms with E-state index < -0.39 is 0 Å². The lowest BCUT2D eigenvalue weighted by Crippen LogP contribution is -2.49. The molecule has 2 aromatic carbocycles. The molecule has 0 bridgehead atoms. The van der Waals surface area contributed by atoms with Crippen molar-refractivity contribution in [3.05, 3.63) is 71.3 Å². The number of carbonyl (C=O) groups is 1. The summed E-state index contributed by atoms with van der Waals surface area (Å²) < 4.78 is 5.13. The number of amides is 1. The molecule has 0 saturated carbocycles. The molecule has 1 aliphatic heterocycles. The van der Waals surface area contributed by atoms with Gasteiger partial charge in [0.15, 0.2) is 0 Å². The summed E-state index contributed by atoms with van der Waals surface area (Å²) >= 11 is 0. The van der Waals surface area contributed by atoms with Gasteiger partial charge in [-0.15, -0.1) is 0 Å². The lowest BCUT2D eigenvalue weighted by molar-refractivity contribution is 0.0498. The third kappa shape index (κ3) is 3.66. The van der Waals surface area contributed by atoms with Crippen LogP contribution in [0.2, 0.25) is 0 Å². The lowest BCUT2D eigenvalue weighted by Gasteiger charge is -2.40. The van der Waals surface area contributed by atoms with Crippen LogP contribution in [-0.4, -0.2) is 49.5 Å². The molecular weight excluding hydrogens is 300 g/mol. The average molecular weight is 324 g/mol. The monoisotopic (exact) mass is 324 g/mol. The molecule has 4 heteroatoms. The molecule has 4 nitrogen and oxygen atoms in total. The number of hydrogen-bond donors (Lipinski definition) is 0. The van der Waals surface area contributed by atoms with E-state index >= 15 is 0 Å². The fraction of sp³-hybridized carbons (Fsp3) is 0.350. The number of benzene rings is 2. The van der Waals surface area contributed by atoms with Crippen LogP contribution in [-0.2, 0) is 11.3 Å². The summed E-state index contributed by atoms with van der Waals surface area (Å²) in [7, 11) is 3.78. The van der Waals surface area contributed by atoms with Gasteiger partial charge in [-0.1, -0.05) is 42.5 Å². The molecule has 1 amide bonds. The summed E-state index contributed by atoms with van der Waals surface area (Å²) in [4.78, 5) is 17.3. The zero-order valence-corrected chi connectivity index (χ0v) is 14.3. The number of likely N-dealkylation sites (N-methyl/N-ethyl adjacent to an activating group) is 1. The van der Waals surface area contributed by atoms with Crippen LogP contribution in [0.1, 0.15) is 27.5 Å². The molecule has 0 aliphatic carbocycles. The number of piperazine rings is 1. The van der Waals surface area contributed by atoms with Crippen molar-refractivity contribution < 1.29 is 9.53 Å². The molecule has 126 valence electrons. The topological polar surface area (TPSA) is 32.8 Å². The number of nitrogens with zero attached hydrogens (tertiary/aromatic N) is 2. The van der Waals surface area contributed by atoms with E-state index in [1.807, 2.05) is 47.4 Å². The largest absolute Gasteiger partial charge is 0.380 e. The van der Waals surface area contributed by atoms with E-state index in [1.54, 1.807) is 7.11 Å². The Morgan fingerprint density at radius 1 is 1.08 bits per heavy atom. The third-order valence-electron chi connectivity index (χ3n) is 4.54. The second kappa shape index (κ2) is 7.60. The molecule has 1 heterocycles. The Morgan fingerprint density at radius 2 is 1.79 bits per heavy atom. The molecular formula is C20H24N2O2. The van der Waals surface area contributed by atoms with Crippen LogP contribution >= 0.6 is 0 Å². The molecule has 0 spiro atoms. The van der Waals surface area contributed by atoms with Crippen LogP contribution < -0.4 is 0 Å². The number of rotatable bonds is 4. The molecule has 1 aliphatic rings. The lowest BCUT2D eigenvalue weighted by atomic mass is 10.0. The van der Waals surface area contributed by atoms with Gasteiger partial charge in [0.25, 0.3) is 5.91 Å². The molecule has 1 fully saturated rings. The summed E-state index contributed by atoms with van der Waals surface area (Å²) in [6.45, 7) is 3.07. The quantitative estimate of drug-likeness (QED) is 0.867. The van der Waals surface area contributed by atoms with E-state index in [2.05, 4.69) is 24.1 Å². The number of methoxy groups -OCH3 is 1. The maximum atomic E-state index is 13.0. The Bertz CT molecular complexity index is 670. The zero-order valence-electron chi connectivity index (χ0n) is 14.3. The molecule has 0 radical (unpaired) electrons. The highest BCUT2D eigenvalue weighted by Gasteiger charge is 2.30. The maximum Gasteiger partial charge on any atom is 0.254 e. The third-order valence-corrected chi connectivity index (χ3v) is 4.54. The second-order valence-corrected chi connectivity index (χ2v) is 6.32. The summed E-state index contributed by atoms with van der Waals surface area (Å²) in [5.41, 5.74) is 3.00. The van der Waals surface area contributed by atoms with Crippen molar-refractivity contribution in [3.63, 3.8) is 0 Å². The molecule has 2 aromatic rings. The Hall–Kier alpha value is -2.17. The first kappa shape index (κ1) is 16.7. The van der Waals surface area contributed by atoms with Gasteiger partial charge < -0.3 is 14.5 Å². The molecule has 24 heavy (non-hydrogen) atoms. The predicted octanol–water partition coefficient (Wildman–Crippen LogP) is 2.96. The van der Waals surface area contributed by atoms with Crippen molar-refractivity contribution >= 4 is 5.91 Å². The molecule has 0 unspecified atom stereocenters. The van der Waals surface area contributed by atoms with Gasteiger partial charge >= 0.3 is 0 Å². The van der Waals surface area contributed by atoms with E-state index in [1.165, 1.54) is 5.56 Å². The maximum absolute atomic E-state index is 13.0. The molecule has 0 N–H and O–H groups in total. The Balaban J connectivity index is 1.83. The van der Waals surface area contributed by atoms with Crippen molar-refractivity contribution in [2.75, 3.05) is 33.8 Å². The first-order chi connectivity index (χ1) is 11.7. The first-order valence-electron chi connectivity index (χ1n) is 8.31. The van der Waals surface area contributed by atoms with E-state index in [9.17, 15) is 4.79 Å². The van der Waals surface area contributed by atoms with Gasteiger partial charge in [0.05, 0.1) is 12.6 Å². The van der Waals surface area contributed by atoms with Gasteiger partial charge in [0.1, 0.15) is 0 Å². The second-order valence-electron chi connectivity index (χ2n) is 6.32. The van der Waals surface area contributed by atoms with Crippen LogP contribution in [0.5, 0.6) is 0 Å². The Kier molecular flexibility index (Phi) is 5.28. The van der Waals surface area contributed by atoms with Crippen molar-refractivity contribution in [1.82, 2.24) is 9.80 Å². The molecule has 1 atom stereocenters. The van der Waals surface area contributed by atoms with Gasteiger partial charge in [0.2, 0.25) is 0 Å². The van der Waals surface area contributed by atoms with Crippen molar-refractivity contribution in [3.8, 4) is 0 Å². The SMILES string of the molecule is COCc1ccc(C(=O)N2CCN(C)C[C@H]2c2ccccc2)cc1. The standard InChI is InChI=1S/C20H24N2O2/c1-21-12-13-22(19(14-21)17-6-4-3-5-7-17)20(23)18-10-8-16(9-11-18)15-24-2/h3-11,19H,12-15H2,1-2H3/t19-/m0/s1. The average Bonchev–Trinajstić information content (AvgIpc) is 2.63. The van der Waals surface area contributed by atoms with Crippen LogP contribution in [0.15, 0.2) is 54.6 Å². The van der Waals surface area contributed by atoms with Crippen LogP contribution in [0, 0.1) is 0 Å². The van der Waals surface area contributed by atoms with Gasteiger partial charge in [-0.25, -0.2) is 0 Å². The smallest absolute Gasteiger partial charge is 0.254 e. The normalized spacial score (nSPS) is 18.6. The van der Waals surface area contributed by atoms with E-state index in [-0.39, 0.29) is 11.9 Å². The number of hydrogen-bond acceptors (Lipinski definition) is 3. The Labute approximate surface area is 143 Å². The minimum atomic E-state index is 0.0936. The predicted molar refractivity (Wildman–Crippen MR) is 94.9 cm³/mol. The molecule has 0 aromatic heterocycles. The van der Waals surface area contributed by atoms with Gasteiger partial charge in [-0.2, -0.15) is 0 Å². The van der Waals surface area contributed by atoms with Crippen molar-refractivity contribution in [2.24, 2.45) is 0 Å². The summed E-state index contributed by atoms with van der Waals surface area (Å²) in [6, 6.07) is 18.1. The molecule has 3 rings (SSSR count). The highest BCUT2D eigenvalue weighted by molar-refractivity contribution is 5.94. The minimum absolute atomic E-state index is 0.0936. The number of carbonyl (C=O) groups excluding carboxylic acids is 1. The summed E-state index contributed by atoms with van der Waals surface area (Å²) in [5.74, 6) is 0.0981. The molecule has 1 saturated heterocycles. The van der Waals surface area contributed by atoms with Crippen molar-refractivity contribution in [2.45, 2.75) is 12.6 Å². The van der Waals surface area contributed by atoms with Gasteiger partial charge in [-0.05, 0) is 30.3 Å². The van der Waals surface area contributed by atoms with E-state index in [0.29, 0.717) is 6.61 Å². The van der Waals surface area contributed by atoms with Crippen LogP contribution in [0.25, 0.3) is 0 Å². The Morgan fingerprint density at radius 3 is 2.46 bits per heavy atom. The van der Waals surface area contributed by atoms with Gasteiger partial charge in [-0.3, -0.25) is 4.79 Å². The fourth-order valence-corrected chi connectivity index (χ4v) is 3.20. The highest BCUT2D eigenvalue weighted by Crippen LogP contribution is 2.26.